The van der Waals surface area contributed by atoms with Crippen LogP contribution in [0.1, 0.15) is 31.7 Å². The van der Waals surface area contributed by atoms with Crippen molar-refractivity contribution in [1.82, 2.24) is 15.3 Å². The van der Waals surface area contributed by atoms with Crippen molar-refractivity contribution in [2.75, 3.05) is 6.54 Å². The Morgan fingerprint density at radius 3 is 2.81 bits per heavy atom. The molecule has 0 amide bonds. The fraction of sp³-hybridized carbons (Fsp3) is 0.667. The van der Waals surface area contributed by atoms with Gasteiger partial charge >= 0.3 is 0 Å². The standard InChI is InChI=1S/C12H19N3S/c1-3-13-10-4-5-11(6-10)16-12-14-7-9(2)8-15-12/h7-8,10-11,13H,3-6H2,1-2H3. The summed E-state index contributed by atoms with van der Waals surface area (Å²) in [5, 5.41) is 5.13. The molecule has 0 saturated heterocycles. The molecule has 0 radical (unpaired) electrons. The number of hydrogen-bond acceptors (Lipinski definition) is 4. The summed E-state index contributed by atoms with van der Waals surface area (Å²) >= 11 is 1.83. The van der Waals surface area contributed by atoms with Crippen LogP contribution in [0, 0.1) is 6.92 Å². The van der Waals surface area contributed by atoms with Crippen LogP contribution in [0.25, 0.3) is 0 Å². The van der Waals surface area contributed by atoms with Gasteiger partial charge in [0.25, 0.3) is 0 Å². The van der Waals surface area contributed by atoms with Crippen molar-refractivity contribution in [3.63, 3.8) is 0 Å². The zero-order valence-corrected chi connectivity index (χ0v) is 10.8. The highest BCUT2D eigenvalue weighted by atomic mass is 32.2. The van der Waals surface area contributed by atoms with E-state index in [0.717, 1.165) is 17.3 Å². The third kappa shape index (κ3) is 3.19. The summed E-state index contributed by atoms with van der Waals surface area (Å²) in [6, 6.07) is 0.702. The Labute approximate surface area is 101 Å². The van der Waals surface area contributed by atoms with Gasteiger partial charge in [-0.2, -0.15) is 0 Å². The van der Waals surface area contributed by atoms with Gasteiger partial charge in [-0.25, -0.2) is 9.97 Å². The number of rotatable bonds is 4. The number of hydrogen-bond donors (Lipinski definition) is 1. The van der Waals surface area contributed by atoms with Crippen LogP contribution in [0.2, 0.25) is 0 Å². The number of aryl methyl sites for hydroxylation is 1. The van der Waals surface area contributed by atoms with Crippen LogP contribution in [0.15, 0.2) is 17.6 Å². The molecule has 1 aromatic heterocycles. The zero-order chi connectivity index (χ0) is 11.4. The van der Waals surface area contributed by atoms with Crippen LogP contribution in [0.4, 0.5) is 0 Å². The van der Waals surface area contributed by atoms with Gasteiger partial charge < -0.3 is 5.32 Å². The molecule has 1 aliphatic carbocycles. The Balaban J connectivity index is 1.84. The molecule has 3 nitrogen and oxygen atoms in total. The number of aromatic nitrogens is 2. The average Bonchev–Trinajstić information content (AvgIpc) is 2.70. The molecule has 1 saturated carbocycles. The van der Waals surface area contributed by atoms with E-state index in [1.807, 2.05) is 31.1 Å². The Kier molecular flexibility index (Phi) is 4.18. The Hall–Kier alpha value is -0.610. The first-order valence-corrected chi connectivity index (χ1v) is 6.84. The molecule has 0 spiro atoms. The lowest BCUT2D eigenvalue weighted by Gasteiger charge is -2.10. The third-order valence-corrected chi connectivity index (χ3v) is 4.09. The summed E-state index contributed by atoms with van der Waals surface area (Å²) in [5.74, 6) is 0. The quantitative estimate of drug-likeness (QED) is 0.816. The molecule has 1 aromatic rings. The van der Waals surface area contributed by atoms with Crippen molar-refractivity contribution in [1.29, 1.82) is 0 Å². The molecule has 0 bridgehead atoms. The molecular formula is C12H19N3S. The lowest BCUT2D eigenvalue weighted by Crippen LogP contribution is -2.26. The van der Waals surface area contributed by atoms with Crippen LogP contribution < -0.4 is 5.32 Å². The van der Waals surface area contributed by atoms with Gasteiger partial charge in [-0.1, -0.05) is 18.7 Å². The summed E-state index contributed by atoms with van der Waals surface area (Å²) in [6.45, 7) is 5.26. The van der Waals surface area contributed by atoms with Crippen LogP contribution in [0.3, 0.4) is 0 Å². The summed E-state index contributed by atoms with van der Waals surface area (Å²) in [5.41, 5.74) is 1.13. The Morgan fingerprint density at radius 1 is 1.38 bits per heavy atom. The van der Waals surface area contributed by atoms with E-state index in [2.05, 4.69) is 22.2 Å². The van der Waals surface area contributed by atoms with Crippen LogP contribution in [-0.2, 0) is 0 Å². The monoisotopic (exact) mass is 237 g/mol. The van der Waals surface area contributed by atoms with Gasteiger partial charge in [0.2, 0.25) is 0 Å². The van der Waals surface area contributed by atoms with Crippen molar-refractivity contribution < 1.29 is 0 Å². The number of nitrogens with one attached hydrogen (secondary N) is 1. The average molecular weight is 237 g/mol. The minimum Gasteiger partial charge on any atom is -0.314 e. The minimum atomic E-state index is 0.687. The molecule has 16 heavy (non-hydrogen) atoms. The van der Waals surface area contributed by atoms with Crippen LogP contribution >= 0.6 is 11.8 Å². The van der Waals surface area contributed by atoms with Crippen molar-refractivity contribution in [2.24, 2.45) is 0 Å². The molecule has 0 aliphatic heterocycles. The lowest BCUT2D eigenvalue weighted by atomic mass is 10.2. The normalized spacial score (nSPS) is 24.9. The first-order chi connectivity index (χ1) is 7.78. The molecule has 2 unspecified atom stereocenters. The SMILES string of the molecule is CCNC1CCC(Sc2ncc(C)cn2)C1. The van der Waals surface area contributed by atoms with E-state index >= 15 is 0 Å². The predicted octanol–water partition coefficient (Wildman–Crippen LogP) is 2.41. The maximum Gasteiger partial charge on any atom is 0.187 e. The molecule has 4 heteroatoms. The topological polar surface area (TPSA) is 37.8 Å². The molecule has 1 aliphatic rings. The largest absolute Gasteiger partial charge is 0.314 e. The van der Waals surface area contributed by atoms with Gasteiger partial charge in [0.05, 0.1) is 0 Å². The van der Waals surface area contributed by atoms with E-state index in [1.54, 1.807) is 0 Å². The van der Waals surface area contributed by atoms with E-state index < -0.39 is 0 Å². The molecule has 1 fully saturated rings. The molecule has 2 rings (SSSR count). The van der Waals surface area contributed by atoms with Gasteiger partial charge in [0.15, 0.2) is 5.16 Å². The van der Waals surface area contributed by atoms with E-state index in [4.69, 9.17) is 0 Å². The molecule has 1 N–H and O–H groups in total. The number of thioether (sulfide) groups is 1. The highest BCUT2D eigenvalue weighted by Crippen LogP contribution is 2.33. The van der Waals surface area contributed by atoms with Crippen LogP contribution in [-0.4, -0.2) is 27.8 Å². The van der Waals surface area contributed by atoms with Crippen molar-refractivity contribution in [2.45, 2.75) is 49.6 Å². The number of nitrogens with zero attached hydrogens (tertiary/aromatic N) is 2. The van der Waals surface area contributed by atoms with E-state index in [-0.39, 0.29) is 0 Å². The summed E-state index contributed by atoms with van der Waals surface area (Å²) in [6.07, 6.45) is 7.60. The molecule has 2 atom stereocenters. The van der Waals surface area contributed by atoms with Gasteiger partial charge in [0, 0.05) is 23.7 Å². The van der Waals surface area contributed by atoms with Gasteiger partial charge in [-0.3, -0.25) is 0 Å². The predicted molar refractivity (Wildman–Crippen MR) is 67.7 cm³/mol. The maximum absolute atomic E-state index is 4.34. The minimum absolute atomic E-state index is 0.687. The fourth-order valence-electron chi connectivity index (χ4n) is 2.11. The van der Waals surface area contributed by atoms with Crippen molar-refractivity contribution >= 4 is 11.8 Å². The highest BCUT2D eigenvalue weighted by molar-refractivity contribution is 7.99. The van der Waals surface area contributed by atoms with Crippen LogP contribution in [0.5, 0.6) is 0 Å². The first-order valence-electron chi connectivity index (χ1n) is 5.96. The van der Waals surface area contributed by atoms with Crippen molar-refractivity contribution in [3.05, 3.63) is 18.0 Å². The van der Waals surface area contributed by atoms with Gasteiger partial charge in [-0.05, 0) is 38.3 Å². The fourth-order valence-corrected chi connectivity index (χ4v) is 3.22. The van der Waals surface area contributed by atoms with E-state index in [9.17, 15) is 0 Å². The highest BCUT2D eigenvalue weighted by Gasteiger charge is 2.25. The van der Waals surface area contributed by atoms with E-state index in [0.29, 0.717) is 11.3 Å². The maximum atomic E-state index is 4.34. The lowest BCUT2D eigenvalue weighted by molar-refractivity contribution is 0.543. The second-order valence-electron chi connectivity index (χ2n) is 4.35. The Morgan fingerprint density at radius 2 is 2.12 bits per heavy atom. The van der Waals surface area contributed by atoms with Gasteiger partial charge in [0.1, 0.15) is 0 Å². The molecular weight excluding hydrogens is 218 g/mol. The Bertz CT molecular complexity index is 326. The second kappa shape index (κ2) is 5.64. The first kappa shape index (κ1) is 11.9. The summed E-state index contributed by atoms with van der Waals surface area (Å²) in [4.78, 5) is 8.69. The van der Waals surface area contributed by atoms with E-state index in [1.165, 1.54) is 19.3 Å². The molecule has 88 valence electrons. The van der Waals surface area contributed by atoms with Gasteiger partial charge in [-0.15, -0.1) is 0 Å². The molecule has 1 heterocycles. The van der Waals surface area contributed by atoms with Crippen molar-refractivity contribution in [3.8, 4) is 0 Å². The molecule has 0 aromatic carbocycles. The summed E-state index contributed by atoms with van der Waals surface area (Å²) in [7, 11) is 0. The third-order valence-electron chi connectivity index (χ3n) is 2.91. The summed E-state index contributed by atoms with van der Waals surface area (Å²) < 4.78 is 0. The zero-order valence-electron chi connectivity index (χ0n) is 9.94. The second-order valence-corrected chi connectivity index (χ2v) is 5.62. The smallest absolute Gasteiger partial charge is 0.187 e.